The van der Waals surface area contributed by atoms with Gasteiger partial charge in [0.15, 0.2) is 0 Å². The highest BCUT2D eigenvalue weighted by atomic mass is 35.5. The van der Waals surface area contributed by atoms with E-state index in [0.29, 0.717) is 23.2 Å². The van der Waals surface area contributed by atoms with Crippen LogP contribution in [-0.4, -0.2) is 61.1 Å². The summed E-state index contributed by atoms with van der Waals surface area (Å²) in [6.07, 6.45) is 2.03. The van der Waals surface area contributed by atoms with Crippen molar-refractivity contribution in [3.63, 3.8) is 0 Å². The molecule has 1 unspecified atom stereocenters. The lowest BCUT2D eigenvalue weighted by Crippen LogP contribution is -2.40. The van der Waals surface area contributed by atoms with Crippen molar-refractivity contribution in [2.45, 2.75) is 25.3 Å². The van der Waals surface area contributed by atoms with Gasteiger partial charge in [-0.25, -0.2) is 4.39 Å². The monoisotopic (exact) mass is 340 g/mol. The van der Waals surface area contributed by atoms with Crippen molar-refractivity contribution in [3.05, 3.63) is 34.6 Å². The van der Waals surface area contributed by atoms with E-state index in [-0.39, 0.29) is 12.3 Å². The molecule has 1 amide bonds. The molecule has 0 N–H and O–H groups in total. The first-order valence-corrected chi connectivity index (χ1v) is 8.55. The van der Waals surface area contributed by atoms with Gasteiger partial charge in [-0.15, -0.1) is 0 Å². The molecule has 1 atom stereocenters. The molecule has 0 radical (unpaired) electrons. The molecule has 2 fully saturated rings. The lowest BCUT2D eigenvalue weighted by Gasteiger charge is -2.26. The first-order valence-electron chi connectivity index (χ1n) is 8.17. The third kappa shape index (κ3) is 4.03. The highest BCUT2D eigenvalue weighted by Gasteiger charge is 2.27. The van der Waals surface area contributed by atoms with E-state index in [2.05, 4.69) is 4.90 Å². The summed E-state index contributed by atoms with van der Waals surface area (Å²) in [4.78, 5) is 16.8. The Labute approximate surface area is 141 Å². The highest BCUT2D eigenvalue weighted by molar-refractivity contribution is 6.31. The van der Waals surface area contributed by atoms with Gasteiger partial charge in [-0.2, -0.15) is 0 Å². The normalized spacial score (nSPS) is 23.0. The van der Waals surface area contributed by atoms with Crippen LogP contribution in [-0.2, 0) is 16.0 Å². The fourth-order valence-corrected chi connectivity index (χ4v) is 3.56. The maximum atomic E-state index is 13.8. The molecule has 1 aromatic carbocycles. The smallest absolute Gasteiger partial charge is 0.227 e. The van der Waals surface area contributed by atoms with Gasteiger partial charge in [0, 0.05) is 49.4 Å². The summed E-state index contributed by atoms with van der Waals surface area (Å²) < 4.78 is 19.3. The van der Waals surface area contributed by atoms with E-state index >= 15 is 0 Å². The summed E-state index contributed by atoms with van der Waals surface area (Å²) >= 11 is 6.02. The standard InChI is InChI=1S/C17H22ClFN2O2/c18-15-3-1-4-16(19)14(15)11-17(22)21-7-2-6-20(8-9-21)13-5-10-23-12-13/h1,3-4,13H,2,5-12H2. The van der Waals surface area contributed by atoms with Crippen LogP contribution in [0.2, 0.25) is 5.02 Å². The Bertz CT molecular complexity index is 543. The molecule has 2 saturated heterocycles. The van der Waals surface area contributed by atoms with Crippen LogP contribution in [0.15, 0.2) is 18.2 Å². The van der Waals surface area contributed by atoms with Crippen molar-refractivity contribution in [2.75, 3.05) is 39.4 Å². The topological polar surface area (TPSA) is 32.8 Å². The second-order valence-electron chi connectivity index (χ2n) is 6.16. The van der Waals surface area contributed by atoms with Gasteiger partial charge in [-0.05, 0) is 25.0 Å². The number of amides is 1. The predicted octanol–water partition coefficient (Wildman–Crippen LogP) is 2.34. The number of benzene rings is 1. The van der Waals surface area contributed by atoms with Gasteiger partial charge in [0.1, 0.15) is 5.82 Å². The third-order valence-electron chi connectivity index (χ3n) is 4.69. The van der Waals surface area contributed by atoms with Gasteiger partial charge in [0.25, 0.3) is 0 Å². The third-order valence-corrected chi connectivity index (χ3v) is 5.05. The summed E-state index contributed by atoms with van der Waals surface area (Å²) in [6.45, 7) is 4.85. The van der Waals surface area contributed by atoms with Crippen molar-refractivity contribution in [2.24, 2.45) is 0 Å². The average Bonchev–Trinajstić information content (AvgIpc) is 2.95. The van der Waals surface area contributed by atoms with E-state index in [1.807, 2.05) is 4.90 Å². The number of nitrogens with zero attached hydrogens (tertiary/aromatic N) is 2. The molecule has 2 aliphatic heterocycles. The fraction of sp³-hybridized carbons (Fsp3) is 0.588. The molecule has 1 aromatic rings. The van der Waals surface area contributed by atoms with Crippen molar-refractivity contribution >= 4 is 17.5 Å². The Morgan fingerprint density at radius 3 is 2.91 bits per heavy atom. The predicted molar refractivity (Wildman–Crippen MR) is 87.1 cm³/mol. The molecular formula is C17H22ClFN2O2. The lowest BCUT2D eigenvalue weighted by atomic mass is 10.1. The van der Waals surface area contributed by atoms with Crippen LogP contribution in [0, 0.1) is 5.82 Å². The molecule has 0 bridgehead atoms. The zero-order chi connectivity index (χ0) is 16.2. The van der Waals surface area contributed by atoms with Gasteiger partial charge in [-0.1, -0.05) is 17.7 Å². The molecule has 126 valence electrons. The summed E-state index contributed by atoms with van der Waals surface area (Å²) in [5, 5.41) is 0.318. The maximum Gasteiger partial charge on any atom is 0.227 e. The molecule has 4 nitrogen and oxygen atoms in total. The molecule has 0 spiro atoms. The van der Waals surface area contributed by atoms with Crippen LogP contribution in [0.1, 0.15) is 18.4 Å². The molecule has 2 aliphatic rings. The zero-order valence-electron chi connectivity index (χ0n) is 13.1. The largest absolute Gasteiger partial charge is 0.380 e. The van der Waals surface area contributed by atoms with Crippen molar-refractivity contribution in [3.8, 4) is 0 Å². The minimum Gasteiger partial charge on any atom is -0.380 e. The van der Waals surface area contributed by atoms with E-state index in [1.54, 1.807) is 12.1 Å². The van der Waals surface area contributed by atoms with Gasteiger partial charge in [0.2, 0.25) is 5.91 Å². The molecule has 23 heavy (non-hydrogen) atoms. The number of carbonyl (C=O) groups is 1. The van der Waals surface area contributed by atoms with E-state index in [1.165, 1.54) is 6.07 Å². The Morgan fingerprint density at radius 1 is 1.30 bits per heavy atom. The molecule has 2 heterocycles. The molecule has 3 rings (SSSR count). The first-order chi connectivity index (χ1) is 11.1. The van der Waals surface area contributed by atoms with E-state index in [9.17, 15) is 9.18 Å². The van der Waals surface area contributed by atoms with Gasteiger partial charge in [0.05, 0.1) is 13.0 Å². The first kappa shape index (κ1) is 16.7. The quantitative estimate of drug-likeness (QED) is 0.846. The number of halogens is 2. The van der Waals surface area contributed by atoms with Crippen molar-refractivity contribution in [1.29, 1.82) is 0 Å². The zero-order valence-corrected chi connectivity index (χ0v) is 13.9. The van der Waals surface area contributed by atoms with Crippen LogP contribution in [0.25, 0.3) is 0 Å². The molecule has 0 saturated carbocycles. The highest BCUT2D eigenvalue weighted by Crippen LogP contribution is 2.21. The Hall–Kier alpha value is -1.17. The van der Waals surface area contributed by atoms with Gasteiger partial charge < -0.3 is 9.64 Å². The van der Waals surface area contributed by atoms with Crippen molar-refractivity contribution in [1.82, 2.24) is 9.80 Å². The van der Waals surface area contributed by atoms with Gasteiger partial charge >= 0.3 is 0 Å². The fourth-order valence-electron chi connectivity index (χ4n) is 3.33. The van der Waals surface area contributed by atoms with Gasteiger partial charge in [-0.3, -0.25) is 9.69 Å². The Kier molecular flexibility index (Phi) is 5.51. The minimum atomic E-state index is -0.412. The number of ether oxygens (including phenoxy) is 1. The molecule has 6 heteroatoms. The number of hydrogen-bond acceptors (Lipinski definition) is 3. The summed E-state index contributed by atoms with van der Waals surface area (Å²) in [5.41, 5.74) is 0.296. The lowest BCUT2D eigenvalue weighted by molar-refractivity contribution is -0.130. The number of rotatable bonds is 3. The van der Waals surface area contributed by atoms with Crippen molar-refractivity contribution < 1.29 is 13.9 Å². The molecule has 0 aromatic heterocycles. The summed E-state index contributed by atoms with van der Waals surface area (Å²) in [6, 6.07) is 5.00. The second kappa shape index (κ2) is 7.60. The van der Waals surface area contributed by atoms with Crippen LogP contribution >= 0.6 is 11.6 Å². The Balaban J connectivity index is 1.59. The average molecular weight is 341 g/mol. The second-order valence-corrected chi connectivity index (χ2v) is 6.57. The Morgan fingerprint density at radius 2 is 2.17 bits per heavy atom. The number of carbonyl (C=O) groups excluding carboxylic acids is 1. The van der Waals surface area contributed by atoms with Crippen LogP contribution in [0.3, 0.4) is 0 Å². The minimum absolute atomic E-state index is 0.0258. The van der Waals surface area contributed by atoms with Crippen LogP contribution in [0.4, 0.5) is 4.39 Å². The number of hydrogen-bond donors (Lipinski definition) is 0. The summed E-state index contributed by atoms with van der Waals surface area (Å²) in [7, 11) is 0. The van der Waals surface area contributed by atoms with E-state index in [4.69, 9.17) is 16.3 Å². The molecule has 0 aliphatic carbocycles. The van der Waals surface area contributed by atoms with E-state index in [0.717, 1.165) is 45.7 Å². The SMILES string of the molecule is O=C(Cc1c(F)cccc1Cl)N1CCCN(C2CCOC2)CC1. The molecular weight excluding hydrogens is 319 g/mol. The van der Waals surface area contributed by atoms with E-state index < -0.39 is 5.82 Å². The summed E-state index contributed by atoms with van der Waals surface area (Å²) in [5.74, 6) is -0.466. The maximum absolute atomic E-state index is 13.8. The van der Waals surface area contributed by atoms with Crippen LogP contribution in [0.5, 0.6) is 0 Å². The van der Waals surface area contributed by atoms with Crippen LogP contribution < -0.4 is 0 Å².